The Morgan fingerprint density at radius 2 is 2.05 bits per heavy atom. The fourth-order valence-electron chi connectivity index (χ4n) is 2.36. The van der Waals surface area contributed by atoms with Crippen LogP contribution in [0.25, 0.3) is 22.2 Å². The largest absolute Gasteiger partial charge is 0.477 e. The van der Waals surface area contributed by atoms with Gasteiger partial charge in [0.1, 0.15) is 5.69 Å². The summed E-state index contributed by atoms with van der Waals surface area (Å²) in [7, 11) is 3.54. The highest BCUT2D eigenvalue weighted by atomic mass is 35.5. The van der Waals surface area contributed by atoms with Gasteiger partial charge in [0.25, 0.3) is 0 Å². The number of carbonyl (C=O) groups is 1. The summed E-state index contributed by atoms with van der Waals surface area (Å²) in [6, 6.07) is 7.18. The summed E-state index contributed by atoms with van der Waals surface area (Å²) in [4.78, 5) is 11.1. The van der Waals surface area contributed by atoms with Gasteiger partial charge in [0.15, 0.2) is 0 Å². The first kappa shape index (κ1) is 12.7. The van der Waals surface area contributed by atoms with E-state index in [1.807, 2.05) is 36.0 Å². The third kappa shape index (κ3) is 1.87. The molecule has 0 aliphatic rings. The van der Waals surface area contributed by atoms with Crippen LogP contribution >= 0.6 is 11.6 Å². The van der Waals surface area contributed by atoms with Crippen LogP contribution in [0.4, 0.5) is 0 Å². The van der Waals surface area contributed by atoms with E-state index in [-0.39, 0.29) is 5.69 Å². The number of nitrogens with zero attached hydrogens (tertiary/aromatic N) is 3. The number of aromatic carboxylic acids is 1. The zero-order chi connectivity index (χ0) is 14.4. The third-order valence-electron chi connectivity index (χ3n) is 3.33. The van der Waals surface area contributed by atoms with Gasteiger partial charge in [-0.1, -0.05) is 17.7 Å². The predicted molar refractivity (Wildman–Crippen MR) is 77.1 cm³/mol. The molecule has 6 heteroatoms. The molecule has 0 aliphatic heterocycles. The lowest BCUT2D eigenvalue weighted by Crippen LogP contribution is -2.04. The molecule has 0 bridgehead atoms. The number of rotatable bonds is 2. The van der Waals surface area contributed by atoms with Gasteiger partial charge in [0.2, 0.25) is 0 Å². The first-order valence-electron chi connectivity index (χ1n) is 5.99. The van der Waals surface area contributed by atoms with Crippen molar-refractivity contribution in [2.45, 2.75) is 0 Å². The van der Waals surface area contributed by atoms with Crippen LogP contribution < -0.4 is 0 Å². The van der Waals surface area contributed by atoms with Crippen molar-refractivity contribution in [2.24, 2.45) is 14.1 Å². The maximum Gasteiger partial charge on any atom is 0.354 e. The number of aryl methyl sites for hydroxylation is 2. The third-order valence-corrected chi connectivity index (χ3v) is 3.56. The summed E-state index contributed by atoms with van der Waals surface area (Å²) < 4.78 is 3.32. The Bertz CT molecular complexity index is 832. The van der Waals surface area contributed by atoms with E-state index in [9.17, 15) is 4.79 Å². The summed E-state index contributed by atoms with van der Waals surface area (Å²) in [5.74, 6) is -0.991. The van der Waals surface area contributed by atoms with Gasteiger partial charge in [-0.25, -0.2) is 4.79 Å². The van der Waals surface area contributed by atoms with Gasteiger partial charge in [-0.3, -0.25) is 4.68 Å². The predicted octanol–water partition coefficient (Wildman–Crippen LogP) is 2.93. The molecule has 0 aliphatic carbocycles. The molecule has 2 aromatic heterocycles. The Labute approximate surface area is 120 Å². The molecule has 1 N–H and O–H groups in total. The standard InChI is InChI=1S/C14H12ClN3O2/c1-17-7-10(9-4-3-8(15)5-12(9)17)11-6-13(14(19)20)18(2)16-11/h3-7H,1-2H3,(H,19,20). The monoisotopic (exact) mass is 289 g/mol. The zero-order valence-corrected chi connectivity index (χ0v) is 11.7. The number of fused-ring (bicyclic) bond motifs is 1. The van der Waals surface area contributed by atoms with Gasteiger partial charge in [-0.2, -0.15) is 5.10 Å². The van der Waals surface area contributed by atoms with Crippen molar-refractivity contribution in [1.29, 1.82) is 0 Å². The van der Waals surface area contributed by atoms with Crippen LogP contribution in [0.1, 0.15) is 10.5 Å². The van der Waals surface area contributed by atoms with Gasteiger partial charge < -0.3 is 9.67 Å². The minimum absolute atomic E-state index is 0.158. The summed E-state index contributed by atoms with van der Waals surface area (Å²) in [6.45, 7) is 0. The van der Waals surface area contributed by atoms with Crippen LogP contribution in [0, 0.1) is 0 Å². The average molecular weight is 290 g/mol. The lowest BCUT2D eigenvalue weighted by molar-refractivity contribution is 0.0685. The number of hydrogen-bond donors (Lipinski definition) is 1. The molecule has 0 fully saturated rings. The van der Waals surface area contributed by atoms with Crippen molar-refractivity contribution in [3.8, 4) is 11.3 Å². The maximum atomic E-state index is 11.1. The highest BCUT2D eigenvalue weighted by Gasteiger charge is 2.16. The molecule has 2 heterocycles. The Kier molecular flexibility index (Phi) is 2.79. The van der Waals surface area contributed by atoms with Crippen LogP contribution in [-0.4, -0.2) is 25.4 Å². The van der Waals surface area contributed by atoms with E-state index in [1.165, 1.54) is 4.68 Å². The molecule has 20 heavy (non-hydrogen) atoms. The lowest BCUT2D eigenvalue weighted by Gasteiger charge is -1.96. The molecule has 0 spiro atoms. The number of benzene rings is 1. The Morgan fingerprint density at radius 3 is 2.70 bits per heavy atom. The molecule has 0 saturated heterocycles. The van der Waals surface area contributed by atoms with Crippen LogP contribution in [-0.2, 0) is 14.1 Å². The molecule has 0 atom stereocenters. The summed E-state index contributed by atoms with van der Waals surface area (Å²) >= 11 is 6.01. The zero-order valence-electron chi connectivity index (χ0n) is 11.0. The Hall–Kier alpha value is -2.27. The van der Waals surface area contributed by atoms with Crippen molar-refractivity contribution < 1.29 is 9.90 Å². The second-order valence-corrected chi connectivity index (χ2v) is 5.10. The molecule has 0 saturated carbocycles. The molecule has 0 unspecified atom stereocenters. The second-order valence-electron chi connectivity index (χ2n) is 4.66. The molecule has 5 nitrogen and oxygen atoms in total. The van der Waals surface area contributed by atoms with Gasteiger partial charge in [0, 0.05) is 41.8 Å². The van der Waals surface area contributed by atoms with Gasteiger partial charge in [-0.15, -0.1) is 0 Å². The van der Waals surface area contributed by atoms with Gasteiger partial charge >= 0.3 is 5.97 Å². The number of hydrogen-bond acceptors (Lipinski definition) is 2. The van der Waals surface area contributed by atoms with E-state index < -0.39 is 5.97 Å². The highest BCUT2D eigenvalue weighted by Crippen LogP contribution is 2.31. The smallest absolute Gasteiger partial charge is 0.354 e. The van der Waals surface area contributed by atoms with Crippen molar-refractivity contribution in [2.75, 3.05) is 0 Å². The van der Waals surface area contributed by atoms with Crippen molar-refractivity contribution in [3.05, 3.63) is 41.2 Å². The van der Waals surface area contributed by atoms with Gasteiger partial charge in [0.05, 0.1) is 5.69 Å². The van der Waals surface area contributed by atoms with Crippen LogP contribution in [0.3, 0.4) is 0 Å². The quantitative estimate of drug-likeness (QED) is 0.789. The highest BCUT2D eigenvalue weighted by molar-refractivity contribution is 6.31. The maximum absolute atomic E-state index is 11.1. The van der Waals surface area contributed by atoms with E-state index in [0.29, 0.717) is 10.7 Å². The Morgan fingerprint density at radius 1 is 1.30 bits per heavy atom. The number of aromatic nitrogens is 3. The fraction of sp³-hybridized carbons (Fsp3) is 0.143. The first-order chi connectivity index (χ1) is 9.47. The van der Waals surface area contributed by atoms with Gasteiger partial charge in [-0.05, 0) is 18.2 Å². The minimum Gasteiger partial charge on any atom is -0.477 e. The average Bonchev–Trinajstić information content (AvgIpc) is 2.91. The SMILES string of the molecule is Cn1nc(-c2cn(C)c3cc(Cl)ccc23)cc1C(=O)O. The van der Waals surface area contributed by atoms with E-state index in [4.69, 9.17) is 16.7 Å². The minimum atomic E-state index is -0.991. The number of carboxylic acids is 1. The van der Waals surface area contributed by atoms with E-state index in [2.05, 4.69) is 5.10 Å². The Balaban J connectivity index is 2.25. The first-order valence-corrected chi connectivity index (χ1v) is 6.37. The lowest BCUT2D eigenvalue weighted by atomic mass is 10.1. The van der Waals surface area contributed by atoms with Crippen molar-refractivity contribution >= 4 is 28.5 Å². The van der Waals surface area contributed by atoms with Crippen LogP contribution in [0.15, 0.2) is 30.5 Å². The molecule has 3 aromatic rings. The van der Waals surface area contributed by atoms with Crippen LogP contribution in [0.5, 0.6) is 0 Å². The normalized spacial score (nSPS) is 11.2. The molecule has 1 aromatic carbocycles. The summed E-state index contributed by atoms with van der Waals surface area (Å²) in [5.41, 5.74) is 2.67. The van der Waals surface area contributed by atoms with Crippen molar-refractivity contribution in [1.82, 2.24) is 14.3 Å². The van der Waals surface area contributed by atoms with E-state index >= 15 is 0 Å². The van der Waals surface area contributed by atoms with E-state index in [0.717, 1.165) is 16.5 Å². The number of carboxylic acid groups (broad SMARTS) is 1. The summed E-state index contributed by atoms with van der Waals surface area (Å²) in [6.07, 6.45) is 1.93. The molecule has 102 valence electrons. The van der Waals surface area contributed by atoms with Crippen LogP contribution in [0.2, 0.25) is 5.02 Å². The molecule has 3 rings (SSSR count). The molecular weight excluding hydrogens is 278 g/mol. The summed E-state index contributed by atoms with van der Waals surface area (Å²) in [5, 5.41) is 15.0. The second kappa shape index (κ2) is 4.38. The molecular formula is C14H12ClN3O2. The topological polar surface area (TPSA) is 60.0 Å². The molecule has 0 radical (unpaired) electrons. The fourth-order valence-corrected chi connectivity index (χ4v) is 2.53. The molecule has 0 amide bonds. The van der Waals surface area contributed by atoms with E-state index in [1.54, 1.807) is 13.1 Å². The number of halogens is 1. The van der Waals surface area contributed by atoms with Crippen molar-refractivity contribution in [3.63, 3.8) is 0 Å².